The summed E-state index contributed by atoms with van der Waals surface area (Å²) in [4.78, 5) is 36.9. The molecule has 0 bridgehead atoms. The van der Waals surface area contributed by atoms with Crippen LogP contribution in [0.4, 0.5) is 4.79 Å². The zero-order chi connectivity index (χ0) is 25.0. The molecule has 2 aliphatic rings. The van der Waals surface area contributed by atoms with E-state index in [9.17, 15) is 19.5 Å². The minimum absolute atomic E-state index is 0.00175. The third kappa shape index (κ3) is 5.04. The topological polar surface area (TPSA) is 105 Å². The Morgan fingerprint density at radius 3 is 2.14 bits per heavy atom. The van der Waals surface area contributed by atoms with Crippen molar-refractivity contribution in [3.8, 4) is 11.1 Å². The molecule has 0 aromatic heterocycles. The van der Waals surface area contributed by atoms with Gasteiger partial charge in [-0.25, -0.2) is 4.79 Å². The Hall–Kier alpha value is -3.35. The van der Waals surface area contributed by atoms with Crippen LogP contribution in [-0.4, -0.2) is 42.3 Å². The van der Waals surface area contributed by atoms with E-state index in [0.717, 1.165) is 11.1 Å². The first-order chi connectivity index (χ1) is 16.9. The van der Waals surface area contributed by atoms with Crippen LogP contribution in [0.2, 0.25) is 0 Å². The quantitative estimate of drug-likeness (QED) is 0.485. The molecule has 7 heteroatoms. The smallest absolute Gasteiger partial charge is 0.407 e. The number of ether oxygens (including phenoxy) is 1. The summed E-state index contributed by atoms with van der Waals surface area (Å²) in [7, 11) is 0. The summed E-state index contributed by atoms with van der Waals surface area (Å²) < 4.78 is 5.63. The third-order valence-electron chi connectivity index (χ3n) is 7.88. The van der Waals surface area contributed by atoms with E-state index in [1.54, 1.807) is 0 Å². The first kappa shape index (κ1) is 24.8. The predicted molar refractivity (Wildman–Crippen MR) is 133 cm³/mol. The highest BCUT2D eigenvalue weighted by molar-refractivity contribution is 5.81. The fraction of sp³-hybridized carbons (Fsp3) is 0.464. The number of hydrogen-bond donors (Lipinski definition) is 3. The summed E-state index contributed by atoms with van der Waals surface area (Å²) >= 11 is 0. The lowest BCUT2D eigenvalue weighted by Crippen LogP contribution is -2.44. The van der Waals surface area contributed by atoms with Gasteiger partial charge in [0.15, 0.2) is 0 Å². The van der Waals surface area contributed by atoms with Gasteiger partial charge in [0.25, 0.3) is 0 Å². The molecule has 0 spiro atoms. The zero-order valence-electron chi connectivity index (χ0n) is 20.4. The zero-order valence-corrected chi connectivity index (χ0v) is 20.4. The first-order valence-electron chi connectivity index (χ1n) is 12.5. The highest BCUT2D eigenvalue weighted by Crippen LogP contribution is 2.44. The Morgan fingerprint density at radius 1 is 0.971 bits per heavy atom. The van der Waals surface area contributed by atoms with Crippen LogP contribution in [0.15, 0.2) is 48.5 Å². The summed E-state index contributed by atoms with van der Waals surface area (Å²) in [5, 5.41) is 15.3. The van der Waals surface area contributed by atoms with E-state index in [1.165, 1.54) is 11.1 Å². The highest BCUT2D eigenvalue weighted by Gasteiger charge is 2.37. The molecule has 4 rings (SSSR count). The van der Waals surface area contributed by atoms with E-state index in [-0.39, 0.29) is 36.9 Å². The van der Waals surface area contributed by atoms with Crippen molar-refractivity contribution < 1.29 is 24.2 Å². The Labute approximate surface area is 206 Å². The van der Waals surface area contributed by atoms with Gasteiger partial charge in [-0.3, -0.25) is 9.59 Å². The molecule has 0 saturated heterocycles. The molecule has 0 aliphatic heterocycles. The molecule has 2 atom stereocenters. The second kappa shape index (κ2) is 10.5. The van der Waals surface area contributed by atoms with Crippen molar-refractivity contribution in [2.24, 2.45) is 11.3 Å². The van der Waals surface area contributed by atoms with E-state index >= 15 is 0 Å². The second-order valence-electron chi connectivity index (χ2n) is 9.69. The lowest BCUT2D eigenvalue weighted by Gasteiger charge is -2.27. The molecule has 0 unspecified atom stereocenters. The third-order valence-corrected chi connectivity index (χ3v) is 7.88. The number of alkyl carbamates (subject to hydrolysis) is 1. The van der Waals surface area contributed by atoms with Gasteiger partial charge in [0, 0.05) is 24.4 Å². The highest BCUT2D eigenvalue weighted by atomic mass is 16.5. The fourth-order valence-corrected chi connectivity index (χ4v) is 5.44. The van der Waals surface area contributed by atoms with Gasteiger partial charge in [-0.1, -0.05) is 62.4 Å². The van der Waals surface area contributed by atoms with Gasteiger partial charge in [-0.05, 0) is 54.4 Å². The van der Waals surface area contributed by atoms with Crippen molar-refractivity contribution in [2.45, 2.75) is 57.9 Å². The molecule has 186 valence electrons. The van der Waals surface area contributed by atoms with Crippen molar-refractivity contribution in [2.75, 3.05) is 13.2 Å². The Kier molecular flexibility index (Phi) is 7.43. The van der Waals surface area contributed by atoms with Crippen LogP contribution in [0.1, 0.15) is 63.0 Å². The molecule has 2 aromatic carbocycles. The number of rotatable bonds is 9. The summed E-state index contributed by atoms with van der Waals surface area (Å²) in [6, 6.07) is 16.3. The SMILES string of the molecule is CCC(CC)(CNC(=O)[C@@H]1CC[C@H](NC(=O)OCC2c3ccccc3-c3ccccc32)C1)C(=O)O. The van der Waals surface area contributed by atoms with E-state index in [0.29, 0.717) is 32.1 Å². The van der Waals surface area contributed by atoms with Crippen LogP contribution < -0.4 is 10.6 Å². The number of hydrogen-bond acceptors (Lipinski definition) is 4. The maximum Gasteiger partial charge on any atom is 0.407 e. The minimum Gasteiger partial charge on any atom is -0.481 e. The molecule has 7 nitrogen and oxygen atoms in total. The van der Waals surface area contributed by atoms with Gasteiger partial charge >= 0.3 is 12.1 Å². The molecule has 2 amide bonds. The van der Waals surface area contributed by atoms with Crippen LogP contribution in [0.3, 0.4) is 0 Å². The molecule has 1 fully saturated rings. The summed E-state index contributed by atoms with van der Waals surface area (Å²) in [5.74, 6) is -1.27. The molecule has 0 radical (unpaired) electrons. The molecular weight excluding hydrogens is 444 g/mol. The van der Waals surface area contributed by atoms with E-state index in [1.807, 2.05) is 38.1 Å². The molecule has 1 saturated carbocycles. The second-order valence-corrected chi connectivity index (χ2v) is 9.69. The Bertz CT molecular complexity index is 1050. The molecule has 3 N–H and O–H groups in total. The van der Waals surface area contributed by atoms with Gasteiger partial charge < -0.3 is 20.5 Å². The van der Waals surface area contributed by atoms with Gasteiger partial charge in [0.2, 0.25) is 5.91 Å². The Balaban J connectivity index is 1.27. The van der Waals surface area contributed by atoms with Crippen molar-refractivity contribution in [3.63, 3.8) is 0 Å². The van der Waals surface area contributed by atoms with Crippen molar-refractivity contribution >= 4 is 18.0 Å². The lowest BCUT2D eigenvalue weighted by molar-refractivity contribution is -0.149. The van der Waals surface area contributed by atoms with Crippen molar-refractivity contribution in [1.29, 1.82) is 0 Å². The molecule has 2 aromatic rings. The molecule has 0 heterocycles. The number of fused-ring (bicyclic) bond motifs is 3. The van der Waals surface area contributed by atoms with Gasteiger partial charge in [-0.2, -0.15) is 0 Å². The average molecular weight is 479 g/mol. The number of benzene rings is 2. The lowest BCUT2D eigenvalue weighted by atomic mass is 9.82. The van der Waals surface area contributed by atoms with Crippen LogP contribution in [-0.2, 0) is 14.3 Å². The number of carboxylic acids is 1. The van der Waals surface area contributed by atoms with E-state index < -0.39 is 17.5 Å². The number of nitrogens with one attached hydrogen (secondary N) is 2. The van der Waals surface area contributed by atoms with Gasteiger partial charge in [-0.15, -0.1) is 0 Å². The van der Waals surface area contributed by atoms with Crippen LogP contribution in [0.5, 0.6) is 0 Å². The standard InChI is InChI=1S/C28H34N2O5/c1-3-28(4-2,26(32)33)17-29-25(31)18-13-14-19(15-18)30-27(34)35-16-24-22-11-7-5-9-20(22)21-10-6-8-12-23(21)24/h5-12,18-19,24H,3-4,13-17H2,1-2H3,(H,29,31)(H,30,34)(H,32,33)/t18-,19+/m1/s1. The van der Waals surface area contributed by atoms with E-state index in [2.05, 4.69) is 34.9 Å². The summed E-state index contributed by atoms with van der Waals surface area (Å²) in [5.41, 5.74) is 3.75. The number of aliphatic carboxylic acids is 1. The molecule has 2 aliphatic carbocycles. The first-order valence-corrected chi connectivity index (χ1v) is 12.5. The Morgan fingerprint density at radius 2 is 1.57 bits per heavy atom. The minimum atomic E-state index is -0.937. The maximum atomic E-state index is 12.7. The van der Waals surface area contributed by atoms with Crippen LogP contribution >= 0.6 is 0 Å². The normalized spacial score (nSPS) is 19.0. The summed E-state index contributed by atoms with van der Waals surface area (Å²) in [6.45, 7) is 4.03. The van der Waals surface area contributed by atoms with Crippen LogP contribution in [0, 0.1) is 11.3 Å². The van der Waals surface area contributed by atoms with Gasteiger partial charge in [0.1, 0.15) is 6.61 Å². The fourth-order valence-electron chi connectivity index (χ4n) is 5.44. The van der Waals surface area contributed by atoms with Crippen LogP contribution in [0.25, 0.3) is 11.1 Å². The monoisotopic (exact) mass is 478 g/mol. The molecule has 35 heavy (non-hydrogen) atoms. The summed E-state index contributed by atoms with van der Waals surface area (Å²) in [6.07, 6.45) is 2.30. The van der Waals surface area contributed by atoms with Crippen molar-refractivity contribution in [1.82, 2.24) is 10.6 Å². The maximum absolute atomic E-state index is 12.7. The molecular formula is C28H34N2O5. The largest absolute Gasteiger partial charge is 0.481 e. The van der Waals surface area contributed by atoms with E-state index in [4.69, 9.17) is 4.74 Å². The number of carbonyl (C=O) groups excluding carboxylic acids is 2. The average Bonchev–Trinajstić information content (AvgIpc) is 3.46. The number of carbonyl (C=O) groups is 3. The predicted octanol–water partition coefficient (Wildman–Crippen LogP) is 4.70. The van der Waals surface area contributed by atoms with Crippen molar-refractivity contribution in [3.05, 3.63) is 59.7 Å². The number of amides is 2. The number of carboxylic acid groups (broad SMARTS) is 1. The van der Waals surface area contributed by atoms with Gasteiger partial charge in [0.05, 0.1) is 5.41 Å².